The summed E-state index contributed by atoms with van der Waals surface area (Å²) in [6.07, 6.45) is 1.02. The third kappa shape index (κ3) is 3.78. The molecule has 3 rings (SSSR count). The molecule has 0 unspecified atom stereocenters. The highest BCUT2D eigenvalue weighted by molar-refractivity contribution is 6.31. The molecule has 2 aromatic carbocycles. The first kappa shape index (κ1) is 19.2. The smallest absolute Gasteiger partial charge is 0.240 e. The fourth-order valence-corrected chi connectivity index (χ4v) is 3.48. The highest BCUT2D eigenvalue weighted by Gasteiger charge is 2.56. The van der Waals surface area contributed by atoms with Crippen LogP contribution < -0.4 is 15.4 Å². The maximum atomic E-state index is 12.9. The third-order valence-electron chi connectivity index (χ3n) is 4.94. The second-order valence-corrected chi connectivity index (χ2v) is 7.55. The average Bonchev–Trinajstić information content (AvgIpc) is 3.40. The van der Waals surface area contributed by atoms with E-state index in [1.165, 1.54) is 7.11 Å². The molecule has 0 heterocycles. The number of ether oxygens (including phenoxy) is 1. The Kier molecular flexibility index (Phi) is 5.16. The largest absolute Gasteiger partial charge is 0.495 e. The Hall–Kier alpha value is -2.53. The number of anilines is 2. The number of halogens is 1. The van der Waals surface area contributed by atoms with E-state index in [0.717, 1.165) is 22.4 Å². The van der Waals surface area contributed by atoms with Gasteiger partial charge in [-0.25, -0.2) is 0 Å². The lowest BCUT2D eigenvalue weighted by Crippen LogP contribution is -2.36. The van der Waals surface area contributed by atoms with Gasteiger partial charge in [0.25, 0.3) is 0 Å². The van der Waals surface area contributed by atoms with Crippen molar-refractivity contribution >= 4 is 34.8 Å². The van der Waals surface area contributed by atoms with E-state index in [9.17, 15) is 9.59 Å². The monoisotopic (exact) mass is 386 g/mol. The first-order valence-electron chi connectivity index (χ1n) is 8.81. The molecule has 142 valence electrons. The van der Waals surface area contributed by atoms with Crippen LogP contribution in [0, 0.1) is 26.2 Å². The molecule has 1 aliphatic rings. The van der Waals surface area contributed by atoms with Crippen LogP contribution in [0.2, 0.25) is 5.02 Å². The molecule has 1 aliphatic carbocycles. The lowest BCUT2D eigenvalue weighted by molar-refractivity contribution is -0.131. The van der Waals surface area contributed by atoms with Crippen molar-refractivity contribution in [3.05, 3.63) is 52.0 Å². The Morgan fingerprint density at radius 2 is 1.59 bits per heavy atom. The van der Waals surface area contributed by atoms with Crippen molar-refractivity contribution in [3.8, 4) is 5.75 Å². The first-order valence-corrected chi connectivity index (χ1v) is 9.19. The van der Waals surface area contributed by atoms with Crippen LogP contribution in [0.15, 0.2) is 30.3 Å². The van der Waals surface area contributed by atoms with E-state index < -0.39 is 5.41 Å². The molecule has 0 radical (unpaired) electrons. The number of carbonyl (C=O) groups excluding carboxylic acids is 2. The number of aryl methyl sites for hydroxylation is 3. The third-order valence-corrected chi connectivity index (χ3v) is 5.18. The number of hydrogen-bond acceptors (Lipinski definition) is 3. The van der Waals surface area contributed by atoms with E-state index in [0.29, 0.717) is 29.3 Å². The zero-order chi connectivity index (χ0) is 19.8. The van der Waals surface area contributed by atoms with Crippen molar-refractivity contribution in [1.82, 2.24) is 0 Å². The average molecular weight is 387 g/mol. The standard InChI is InChI=1S/C21H23ClN2O3/c1-12-9-13(2)18(14(3)10-12)24-20(26)21(7-8-21)19(25)23-16-11-15(22)5-6-17(16)27-4/h5-6,9-11H,7-8H2,1-4H3,(H,23,25)(H,24,26). The van der Waals surface area contributed by atoms with Gasteiger partial charge in [0.1, 0.15) is 11.2 Å². The maximum Gasteiger partial charge on any atom is 0.240 e. The van der Waals surface area contributed by atoms with Gasteiger partial charge in [-0.2, -0.15) is 0 Å². The van der Waals surface area contributed by atoms with Crippen LogP contribution in [-0.4, -0.2) is 18.9 Å². The molecule has 0 saturated heterocycles. The summed E-state index contributed by atoms with van der Waals surface area (Å²) in [6, 6.07) is 8.99. The molecule has 0 bridgehead atoms. The zero-order valence-corrected chi connectivity index (χ0v) is 16.7. The molecule has 2 amide bonds. The summed E-state index contributed by atoms with van der Waals surface area (Å²) in [6.45, 7) is 5.91. The summed E-state index contributed by atoms with van der Waals surface area (Å²) in [5, 5.41) is 6.24. The lowest BCUT2D eigenvalue weighted by atomic mass is 10.0. The van der Waals surface area contributed by atoms with Crippen molar-refractivity contribution in [2.75, 3.05) is 17.7 Å². The molecule has 2 aromatic rings. The van der Waals surface area contributed by atoms with E-state index in [1.54, 1.807) is 18.2 Å². The van der Waals surface area contributed by atoms with E-state index in [2.05, 4.69) is 10.6 Å². The summed E-state index contributed by atoms with van der Waals surface area (Å²) in [5.41, 5.74) is 3.26. The number of nitrogens with one attached hydrogen (secondary N) is 2. The predicted octanol–water partition coefficient (Wildman–Crippen LogP) is 4.63. The van der Waals surface area contributed by atoms with Gasteiger partial charge in [0.2, 0.25) is 11.8 Å². The van der Waals surface area contributed by atoms with E-state index in [1.807, 2.05) is 32.9 Å². The normalized spacial score (nSPS) is 14.4. The number of methoxy groups -OCH3 is 1. The van der Waals surface area contributed by atoms with E-state index >= 15 is 0 Å². The first-order chi connectivity index (χ1) is 12.8. The zero-order valence-electron chi connectivity index (χ0n) is 15.9. The summed E-state index contributed by atoms with van der Waals surface area (Å²) >= 11 is 6.02. The minimum atomic E-state index is -1.06. The van der Waals surface area contributed by atoms with Crippen molar-refractivity contribution < 1.29 is 14.3 Å². The number of amides is 2. The Bertz CT molecular complexity index is 897. The van der Waals surface area contributed by atoms with Crippen molar-refractivity contribution in [2.45, 2.75) is 33.6 Å². The van der Waals surface area contributed by atoms with Gasteiger partial charge >= 0.3 is 0 Å². The minimum Gasteiger partial charge on any atom is -0.495 e. The molecule has 27 heavy (non-hydrogen) atoms. The fraction of sp³-hybridized carbons (Fsp3) is 0.333. The number of carbonyl (C=O) groups is 2. The Morgan fingerprint density at radius 1 is 1.00 bits per heavy atom. The Balaban J connectivity index is 1.80. The SMILES string of the molecule is COc1ccc(Cl)cc1NC(=O)C1(C(=O)Nc2c(C)cc(C)cc2C)CC1. The Labute approximate surface area is 164 Å². The van der Waals surface area contributed by atoms with Crippen LogP contribution >= 0.6 is 11.6 Å². The highest BCUT2D eigenvalue weighted by atomic mass is 35.5. The molecule has 0 atom stereocenters. The molecule has 0 aliphatic heterocycles. The predicted molar refractivity (Wildman–Crippen MR) is 108 cm³/mol. The van der Waals surface area contributed by atoms with Crippen LogP contribution in [0.25, 0.3) is 0 Å². The van der Waals surface area contributed by atoms with Gasteiger partial charge in [-0.05, 0) is 62.9 Å². The molecule has 6 heteroatoms. The fourth-order valence-electron chi connectivity index (χ4n) is 3.31. The summed E-state index contributed by atoms with van der Waals surface area (Å²) in [7, 11) is 1.52. The minimum absolute atomic E-state index is 0.281. The molecule has 1 saturated carbocycles. The van der Waals surface area contributed by atoms with E-state index in [4.69, 9.17) is 16.3 Å². The quantitative estimate of drug-likeness (QED) is 0.736. The molecule has 1 fully saturated rings. The van der Waals surface area contributed by atoms with Crippen molar-refractivity contribution in [3.63, 3.8) is 0 Å². The number of hydrogen-bond donors (Lipinski definition) is 2. The van der Waals surface area contributed by atoms with Crippen LogP contribution in [0.3, 0.4) is 0 Å². The molecule has 2 N–H and O–H groups in total. The topological polar surface area (TPSA) is 67.4 Å². The van der Waals surface area contributed by atoms with Gasteiger partial charge in [0.15, 0.2) is 0 Å². The van der Waals surface area contributed by atoms with Gasteiger partial charge in [0, 0.05) is 10.7 Å². The van der Waals surface area contributed by atoms with Crippen LogP contribution in [0.1, 0.15) is 29.5 Å². The second-order valence-electron chi connectivity index (χ2n) is 7.11. The van der Waals surface area contributed by atoms with Crippen LogP contribution in [-0.2, 0) is 9.59 Å². The number of rotatable bonds is 5. The second kappa shape index (κ2) is 7.24. The van der Waals surface area contributed by atoms with Gasteiger partial charge in [-0.15, -0.1) is 0 Å². The maximum absolute atomic E-state index is 12.9. The summed E-state index contributed by atoms with van der Waals surface area (Å²) < 4.78 is 5.26. The van der Waals surface area contributed by atoms with Crippen LogP contribution in [0.4, 0.5) is 11.4 Å². The van der Waals surface area contributed by atoms with Gasteiger partial charge < -0.3 is 15.4 Å². The van der Waals surface area contributed by atoms with Gasteiger partial charge in [-0.1, -0.05) is 29.3 Å². The highest BCUT2D eigenvalue weighted by Crippen LogP contribution is 2.48. The lowest BCUT2D eigenvalue weighted by Gasteiger charge is -2.19. The Morgan fingerprint density at radius 3 is 2.15 bits per heavy atom. The number of benzene rings is 2. The van der Waals surface area contributed by atoms with E-state index in [-0.39, 0.29) is 11.8 Å². The van der Waals surface area contributed by atoms with Crippen molar-refractivity contribution in [2.24, 2.45) is 5.41 Å². The summed E-state index contributed by atoms with van der Waals surface area (Å²) in [4.78, 5) is 25.8. The van der Waals surface area contributed by atoms with Gasteiger partial charge in [-0.3, -0.25) is 9.59 Å². The molecular formula is C21H23ClN2O3. The molecule has 0 spiro atoms. The van der Waals surface area contributed by atoms with Crippen molar-refractivity contribution in [1.29, 1.82) is 0 Å². The molecule has 0 aromatic heterocycles. The van der Waals surface area contributed by atoms with Gasteiger partial charge in [0.05, 0.1) is 12.8 Å². The molecule has 5 nitrogen and oxygen atoms in total. The van der Waals surface area contributed by atoms with Crippen LogP contribution in [0.5, 0.6) is 5.75 Å². The summed E-state index contributed by atoms with van der Waals surface area (Å²) in [5.74, 6) is -0.131. The molecular weight excluding hydrogens is 364 g/mol.